The van der Waals surface area contributed by atoms with Crippen LogP contribution < -0.4 is 0 Å². The van der Waals surface area contributed by atoms with Crippen molar-refractivity contribution < 1.29 is 4.74 Å². The number of ether oxygens (including phenoxy) is 1. The number of hydrogen-bond donors (Lipinski definition) is 0. The number of nitrogens with zero attached hydrogens (tertiary/aromatic N) is 1. The summed E-state index contributed by atoms with van der Waals surface area (Å²) in [5.74, 6) is 0.595. The minimum atomic E-state index is 0.595. The van der Waals surface area contributed by atoms with E-state index in [4.69, 9.17) is 4.74 Å². The lowest BCUT2D eigenvalue weighted by atomic mass is 9.88. The number of rotatable bonds is 0. The third-order valence-electron chi connectivity index (χ3n) is 3.57. The van der Waals surface area contributed by atoms with E-state index < -0.39 is 0 Å². The molecule has 0 saturated carbocycles. The molecule has 2 nitrogen and oxygen atoms in total. The normalized spacial score (nSPS) is 25.8. The van der Waals surface area contributed by atoms with Gasteiger partial charge >= 0.3 is 0 Å². The summed E-state index contributed by atoms with van der Waals surface area (Å²) in [5.41, 5.74) is 4.55. The molecule has 3 rings (SSSR count). The molecule has 0 radical (unpaired) electrons. The van der Waals surface area contributed by atoms with Crippen LogP contribution in [0.2, 0.25) is 0 Å². The van der Waals surface area contributed by atoms with Gasteiger partial charge in [-0.1, -0.05) is 18.2 Å². The molecule has 80 valence electrons. The van der Waals surface area contributed by atoms with Gasteiger partial charge in [-0.3, -0.25) is 0 Å². The molecule has 1 aromatic carbocycles. The van der Waals surface area contributed by atoms with Crippen LogP contribution in [0.3, 0.4) is 0 Å². The van der Waals surface area contributed by atoms with Crippen LogP contribution in [0.5, 0.6) is 0 Å². The first-order chi connectivity index (χ1) is 7.34. The lowest BCUT2D eigenvalue weighted by Gasteiger charge is -2.27. The molecule has 0 spiro atoms. The van der Waals surface area contributed by atoms with Crippen molar-refractivity contribution in [3.8, 4) is 0 Å². The first-order valence-electron chi connectivity index (χ1n) is 5.71. The van der Waals surface area contributed by atoms with E-state index in [9.17, 15) is 0 Å². The van der Waals surface area contributed by atoms with Gasteiger partial charge in [0.05, 0.1) is 13.2 Å². The van der Waals surface area contributed by atoms with Crippen LogP contribution in [0.1, 0.15) is 22.6 Å². The van der Waals surface area contributed by atoms with Crippen LogP contribution in [0.4, 0.5) is 0 Å². The predicted octanol–water partition coefficient (Wildman–Crippen LogP) is 1.79. The molecule has 2 aliphatic heterocycles. The van der Waals surface area contributed by atoms with Gasteiger partial charge in [-0.05, 0) is 30.2 Å². The molecule has 2 aliphatic rings. The zero-order chi connectivity index (χ0) is 10.3. The van der Waals surface area contributed by atoms with Crippen LogP contribution in [0.15, 0.2) is 18.2 Å². The van der Waals surface area contributed by atoms with Crippen molar-refractivity contribution in [2.45, 2.75) is 18.9 Å². The second-order valence-corrected chi connectivity index (χ2v) is 4.71. The summed E-state index contributed by atoms with van der Waals surface area (Å²) in [5, 5.41) is 0. The van der Waals surface area contributed by atoms with Gasteiger partial charge in [0.2, 0.25) is 0 Å². The molecule has 15 heavy (non-hydrogen) atoms. The minimum absolute atomic E-state index is 0.595. The summed E-state index contributed by atoms with van der Waals surface area (Å²) in [6.07, 6.45) is 1.19. The molecule has 0 aromatic heterocycles. The molecule has 0 amide bonds. The molecule has 1 unspecified atom stereocenters. The molecule has 2 heterocycles. The van der Waals surface area contributed by atoms with E-state index in [2.05, 4.69) is 30.1 Å². The van der Waals surface area contributed by atoms with Gasteiger partial charge in [0, 0.05) is 19.0 Å². The van der Waals surface area contributed by atoms with E-state index >= 15 is 0 Å². The van der Waals surface area contributed by atoms with Crippen molar-refractivity contribution >= 4 is 0 Å². The summed E-state index contributed by atoms with van der Waals surface area (Å²) >= 11 is 0. The highest BCUT2D eigenvalue weighted by molar-refractivity contribution is 5.40. The van der Waals surface area contributed by atoms with Gasteiger partial charge in [-0.25, -0.2) is 0 Å². The van der Waals surface area contributed by atoms with Crippen molar-refractivity contribution in [2.75, 3.05) is 26.7 Å². The zero-order valence-electron chi connectivity index (χ0n) is 9.20. The second kappa shape index (κ2) is 3.62. The molecular formula is C13H17NO. The quantitative estimate of drug-likeness (QED) is 0.637. The fourth-order valence-corrected chi connectivity index (χ4v) is 2.85. The SMILES string of the molecule is CN1CCc2cccc3c2C(COC3)C1. The second-order valence-electron chi connectivity index (χ2n) is 4.71. The number of likely N-dealkylation sites (N-methyl/N-ethyl adjacent to an activating group) is 1. The van der Waals surface area contributed by atoms with Gasteiger partial charge in [-0.2, -0.15) is 0 Å². The molecule has 0 saturated heterocycles. The number of hydrogen-bond acceptors (Lipinski definition) is 2. The van der Waals surface area contributed by atoms with E-state index in [1.54, 1.807) is 11.1 Å². The topological polar surface area (TPSA) is 12.5 Å². The lowest BCUT2D eigenvalue weighted by Crippen LogP contribution is -2.28. The van der Waals surface area contributed by atoms with Crippen LogP contribution in [0, 0.1) is 0 Å². The third kappa shape index (κ3) is 1.58. The van der Waals surface area contributed by atoms with Crippen LogP contribution in [-0.2, 0) is 17.8 Å². The van der Waals surface area contributed by atoms with E-state index in [1.165, 1.54) is 18.5 Å². The fourth-order valence-electron chi connectivity index (χ4n) is 2.85. The van der Waals surface area contributed by atoms with Crippen molar-refractivity contribution in [3.05, 3.63) is 34.9 Å². The third-order valence-corrected chi connectivity index (χ3v) is 3.57. The molecule has 2 heteroatoms. The Bertz CT molecular complexity index is 375. The average molecular weight is 203 g/mol. The van der Waals surface area contributed by atoms with E-state index in [0.29, 0.717) is 5.92 Å². The minimum Gasteiger partial charge on any atom is -0.376 e. The Balaban J connectivity index is 2.09. The molecule has 0 N–H and O–H groups in total. The zero-order valence-corrected chi connectivity index (χ0v) is 9.20. The first kappa shape index (κ1) is 9.37. The largest absolute Gasteiger partial charge is 0.376 e. The average Bonchev–Trinajstić information content (AvgIpc) is 2.41. The maximum absolute atomic E-state index is 5.67. The summed E-state index contributed by atoms with van der Waals surface area (Å²) in [7, 11) is 2.21. The monoisotopic (exact) mass is 203 g/mol. The summed E-state index contributed by atoms with van der Waals surface area (Å²) < 4.78 is 5.67. The standard InChI is InChI=1S/C13H17NO/c1-14-6-5-10-3-2-4-11-8-15-9-12(7-14)13(10)11/h2-4,12H,5-9H2,1H3. The fraction of sp³-hybridized carbons (Fsp3) is 0.538. The van der Waals surface area contributed by atoms with Crippen molar-refractivity contribution in [3.63, 3.8) is 0 Å². The highest BCUT2D eigenvalue weighted by Gasteiger charge is 2.26. The van der Waals surface area contributed by atoms with Gasteiger partial charge < -0.3 is 9.64 Å². The van der Waals surface area contributed by atoms with Crippen LogP contribution in [-0.4, -0.2) is 31.6 Å². The Morgan fingerprint density at radius 1 is 1.33 bits per heavy atom. The maximum atomic E-state index is 5.67. The Labute approximate surface area is 90.8 Å². The first-order valence-corrected chi connectivity index (χ1v) is 5.71. The van der Waals surface area contributed by atoms with E-state index in [-0.39, 0.29) is 0 Å². The Morgan fingerprint density at radius 2 is 2.20 bits per heavy atom. The maximum Gasteiger partial charge on any atom is 0.0720 e. The summed E-state index contributed by atoms with van der Waals surface area (Å²) in [6, 6.07) is 6.68. The van der Waals surface area contributed by atoms with E-state index in [1.807, 2.05) is 0 Å². The van der Waals surface area contributed by atoms with Crippen LogP contribution in [0.25, 0.3) is 0 Å². The highest BCUT2D eigenvalue weighted by atomic mass is 16.5. The Morgan fingerprint density at radius 3 is 3.13 bits per heavy atom. The molecule has 0 bridgehead atoms. The lowest BCUT2D eigenvalue weighted by molar-refractivity contribution is 0.0832. The molecule has 1 aromatic rings. The Kier molecular flexibility index (Phi) is 2.26. The highest BCUT2D eigenvalue weighted by Crippen LogP contribution is 2.32. The number of benzene rings is 1. The van der Waals surface area contributed by atoms with Crippen molar-refractivity contribution in [1.82, 2.24) is 4.90 Å². The van der Waals surface area contributed by atoms with Crippen molar-refractivity contribution in [1.29, 1.82) is 0 Å². The van der Waals surface area contributed by atoms with E-state index in [0.717, 1.165) is 19.8 Å². The van der Waals surface area contributed by atoms with Crippen molar-refractivity contribution in [2.24, 2.45) is 0 Å². The smallest absolute Gasteiger partial charge is 0.0720 e. The van der Waals surface area contributed by atoms with Crippen LogP contribution >= 0.6 is 0 Å². The predicted molar refractivity (Wildman–Crippen MR) is 60.0 cm³/mol. The van der Waals surface area contributed by atoms with Gasteiger partial charge in [0.1, 0.15) is 0 Å². The van der Waals surface area contributed by atoms with Gasteiger partial charge in [0.15, 0.2) is 0 Å². The molecule has 0 fully saturated rings. The summed E-state index contributed by atoms with van der Waals surface area (Å²) in [6.45, 7) is 4.02. The molecule has 1 atom stereocenters. The Hall–Kier alpha value is -0.860. The summed E-state index contributed by atoms with van der Waals surface area (Å²) in [4.78, 5) is 2.42. The molecule has 0 aliphatic carbocycles. The van der Waals surface area contributed by atoms with Gasteiger partial charge in [-0.15, -0.1) is 0 Å². The molecular weight excluding hydrogens is 186 g/mol. The van der Waals surface area contributed by atoms with Gasteiger partial charge in [0.25, 0.3) is 0 Å².